The molecular formula is C12H9F3N4O3. The van der Waals surface area contributed by atoms with E-state index < -0.39 is 29.6 Å². The molecular weight excluding hydrogens is 305 g/mol. The zero-order valence-corrected chi connectivity index (χ0v) is 10.8. The number of nitrogens with zero attached hydrogens (tertiary/aromatic N) is 1. The summed E-state index contributed by atoms with van der Waals surface area (Å²) >= 11 is 0. The third-order valence-electron chi connectivity index (χ3n) is 2.43. The first-order valence-electron chi connectivity index (χ1n) is 5.76. The Bertz CT molecular complexity index is 712. The van der Waals surface area contributed by atoms with Crippen molar-refractivity contribution in [3.63, 3.8) is 0 Å². The van der Waals surface area contributed by atoms with Gasteiger partial charge in [-0.2, -0.15) is 13.2 Å². The van der Waals surface area contributed by atoms with E-state index in [1.54, 1.807) is 0 Å². The van der Waals surface area contributed by atoms with Gasteiger partial charge >= 0.3 is 12.2 Å². The predicted octanol–water partition coefficient (Wildman–Crippen LogP) is 2.44. The van der Waals surface area contributed by atoms with E-state index in [2.05, 4.69) is 20.0 Å². The van der Waals surface area contributed by atoms with Crippen molar-refractivity contribution >= 4 is 23.3 Å². The molecule has 0 spiro atoms. The molecule has 1 heterocycles. The Morgan fingerprint density at radius 2 is 1.82 bits per heavy atom. The maximum atomic E-state index is 12.6. The van der Waals surface area contributed by atoms with E-state index in [-0.39, 0.29) is 11.4 Å². The second kappa shape index (κ2) is 5.76. The van der Waals surface area contributed by atoms with Crippen LogP contribution in [0.2, 0.25) is 0 Å². The maximum absolute atomic E-state index is 12.6. The first-order valence-corrected chi connectivity index (χ1v) is 5.76. The zero-order valence-electron chi connectivity index (χ0n) is 10.8. The highest BCUT2D eigenvalue weighted by Crippen LogP contribution is 2.31. The van der Waals surface area contributed by atoms with Crippen LogP contribution in [0.1, 0.15) is 16.2 Å². The number of carbonyl (C=O) groups is 2. The molecule has 4 N–H and O–H groups in total. The molecule has 1 aromatic carbocycles. The molecule has 10 heteroatoms. The third kappa shape index (κ3) is 3.53. The van der Waals surface area contributed by atoms with E-state index in [0.717, 1.165) is 0 Å². The van der Waals surface area contributed by atoms with Crippen molar-refractivity contribution in [1.82, 2.24) is 4.98 Å². The number of oxazole rings is 1. The molecule has 0 atom stereocenters. The van der Waals surface area contributed by atoms with Gasteiger partial charge in [0.2, 0.25) is 5.76 Å². The standard InChI is InChI=1S/C12H9F3N4O3/c13-12(14,15)9-8(17-5-22-9)10(20)18-6-2-1-3-7(4-6)19-11(16)21/h1-5H,(H,18,20)(H3,16,19,21). The number of nitrogens with one attached hydrogen (secondary N) is 2. The largest absolute Gasteiger partial charge is 0.452 e. The third-order valence-corrected chi connectivity index (χ3v) is 2.43. The molecule has 0 aliphatic heterocycles. The molecule has 116 valence electrons. The minimum absolute atomic E-state index is 0.146. The van der Waals surface area contributed by atoms with Crippen molar-refractivity contribution in [2.24, 2.45) is 5.73 Å². The number of benzene rings is 1. The van der Waals surface area contributed by atoms with Gasteiger partial charge in [-0.25, -0.2) is 9.78 Å². The van der Waals surface area contributed by atoms with Crippen LogP contribution in [0.5, 0.6) is 0 Å². The number of amides is 3. The Morgan fingerprint density at radius 3 is 2.41 bits per heavy atom. The summed E-state index contributed by atoms with van der Waals surface area (Å²) in [5.74, 6) is -2.59. The molecule has 0 saturated carbocycles. The molecule has 1 aromatic heterocycles. The summed E-state index contributed by atoms with van der Waals surface area (Å²) in [5, 5.41) is 4.48. The highest BCUT2D eigenvalue weighted by Gasteiger charge is 2.40. The molecule has 2 aromatic rings. The van der Waals surface area contributed by atoms with Crippen molar-refractivity contribution in [3.8, 4) is 0 Å². The van der Waals surface area contributed by atoms with Gasteiger partial charge in [0.05, 0.1) is 0 Å². The number of nitrogens with two attached hydrogens (primary N) is 1. The van der Waals surface area contributed by atoms with Gasteiger partial charge in [0.25, 0.3) is 5.91 Å². The molecule has 0 saturated heterocycles. The number of halogens is 3. The predicted molar refractivity (Wildman–Crippen MR) is 69.1 cm³/mol. The van der Waals surface area contributed by atoms with E-state index in [4.69, 9.17) is 5.73 Å². The Hall–Kier alpha value is -3.04. The molecule has 2 rings (SSSR count). The minimum Gasteiger partial charge on any atom is -0.438 e. The topological polar surface area (TPSA) is 110 Å². The van der Waals surface area contributed by atoms with E-state index in [9.17, 15) is 22.8 Å². The van der Waals surface area contributed by atoms with Crippen LogP contribution >= 0.6 is 0 Å². The SMILES string of the molecule is NC(=O)Nc1cccc(NC(=O)c2ncoc2C(F)(F)F)c1. The Kier molecular flexibility index (Phi) is 4.02. The van der Waals surface area contributed by atoms with Gasteiger partial charge in [-0.1, -0.05) is 6.07 Å². The van der Waals surface area contributed by atoms with Gasteiger partial charge in [0.1, 0.15) is 0 Å². The summed E-state index contributed by atoms with van der Waals surface area (Å²) in [6, 6.07) is 4.86. The molecule has 0 aliphatic carbocycles. The molecule has 3 amide bonds. The molecule has 22 heavy (non-hydrogen) atoms. The van der Waals surface area contributed by atoms with Crippen LogP contribution in [0.15, 0.2) is 35.1 Å². The summed E-state index contributed by atoms with van der Waals surface area (Å²) in [5.41, 5.74) is 4.46. The van der Waals surface area contributed by atoms with E-state index in [0.29, 0.717) is 6.39 Å². The van der Waals surface area contributed by atoms with Gasteiger partial charge in [0.15, 0.2) is 12.1 Å². The molecule has 0 fully saturated rings. The molecule has 0 radical (unpaired) electrons. The first-order chi connectivity index (χ1) is 10.3. The average molecular weight is 314 g/mol. The monoisotopic (exact) mass is 314 g/mol. The van der Waals surface area contributed by atoms with Gasteiger partial charge < -0.3 is 20.8 Å². The van der Waals surface area contributed by atoms with Crippen LogP contribution in [0.25, 0.3) is 0 Å². The number of rotatable bonds is 3. The van der Waals surface area contributed by atoms with Crippen molar-refractivity contribution in [2.75, 3.05) is 10.6 Å². The fourth-order valence-corrected chi connectivity index (χ4v) is 1.62. The summed E-state index contributed by atoms with van der Waals surface area (Å²) < 4.78 is 42.0. The summed E-state index contributed by atoms with van der Waals surface area (Å²) in [7, 11) is 0. The Morgan fingerprint density at radius 1 is 1.18 bits per heavy atom. The molecule has 0 aliphatic rings. The number of hydrogen-bond acceptors (Lipinski definition) is 4. The zero-order chi connectivity index (χ0) is 16.3. The highest BCUT2D eigenvalue weighted by molar-refractivity contribution is 6.04. The first kappa shape index (κ1) is 15.4. The quantitative estimate of drug-likeness (QED) is 0.808. The smallest absolute Gasteiger partial charge is 0.438 e. The fourth-order valence-electron chi connectivity index (χ4n) is 1.62. The van der Waals surface area contributed by atoms with Gasteiger partial charge in [-0.3, -0.25) is 4.79 Å². The van der Waals surface area contributed by atoms with Crippen LogP contribution in [0.4, 0.5) is 29.3 Å². The summed E-state index contributed by atoms with van der Waals surface area (Å²) in [4.78, 5) is 25.8. The minimum atomic E-state index is -4.83. The van der Waals surface area contributed by atoms with E-state index in [1.807, 2.05) is 0 Å². The van der Waals surface area contributed by atoms with Gasteiger partial charge in [0, 0.05) is 11.4 Å². The number of aromatic nitrogens is 1. The van der Waals surface area contributed by atoms with Crippen molar-refractivity contribution in [1.29, 1.82) is 0 Å². The van der Waals surface area contributed by atoms with Gasteiger partial charge in [-0.15, -0.1) is 0 Å². The van der Waals surface area contributed by atoms with Crippen LogP contribution in [0, 0.1) is 0 Å². The maximum Gasteiger partial charge on any atom is 0.452 e. The fraction of sp³-hybridized carbons (Fsp3) is 0.0833. The average Bonchev–Trinajstić information content (AvgIpc) is 2.87. The van der Waals surface area contributed by atoms with Crippen LogP contribution in [-0.4, -0.2) is 16.9 Å². The lowest BCUT2D eigenvalue weighted by Crippen LogP contribution is -2.20. The summed E-state index contributed by atoms with van der Waals surface area (Å²) in [6.45, 7) is 0. The Labute approximate surface area is 121 Å². The van der Waals surface area contributed by atoms with Crippen molar-refractivity contribution in [3.05, 3.63) is 42.1 Å². The van der Waals surface area contributed by atoms with E-state index >= 15 is 0 Å². The van der Waals surface area contributed by atoms with Crippen LogP contribution in [-0.2, 0) is 6.18 Å². The number of carbonyl (C=O) groups excluding carboxylic acids is 2. The number of anilines is 2. The number of hydrogen-bond donors (Lipinski definition) is 3. The van der Waals surface area contributed by atoms with Crippen LogP contribution in [0.3, 0.4) is 0 Å². The lowest BCUT2D eigenvalue weighted by Gasteiger charge is -2.08. The highest BCUT2D eigenvalue weighted by atomic mass is 19.4. The molecule has 7 nitrogen and oxygen atoms in total. The van der Waals surface area contributed by atoms with Crippen molar-refractivity contribution in [2.45, 2.75) is 6.18 Å². The molecule has 0 bridgehead atoms. The van der Waals surface area contributed by atoms with E-state index in [1.165, 1.54) is 24.3 Å². The second-order valence-electron chi connectivity index (χ2n) is 4.05. The second-order valence-corrected chi connectivity index (χ2v) is 4.05. The Balaban J connectivity index is 2.19. The number of alkyl halides is 3. The normalized spacial score (nSPS) is 11.0. The van der Waals surface area contributed by atoms with Crippen molar-refractivity contribution < 1.29 is 27.2 Å². The lowest BCUT2D eigenvalue weighted by molar-refractivity contribution is -0.153. The lowest BCUT2D eigenvalue weighted by atomic mass is 10.2. The summed E-state index contributed by atoms with van der Waals surface area (Å²) in [6.07, 6.45) is -4.30. The molecule has 0 unspecified atom stereocenters. The van der Waals surface area contributed by atoms with Crippen LogP contribution < -0.4 is 16.4 Å². The number of urea groups is 1. The number of primary amides is 1. The van der Waals surface area contributed by atoms with Gasteiger partial charge in [-0.05, 0) is 18.2 Å².